The molecule has 1 rings (SSSR count). The SMILES string of the molecule is CCC(=O)OC(C)c1ccc(C(C)(C)C)cc1C. The smallest absolute Gasteiger partial charge is 0.306 e. The van der Waals surface area contributed by atoms with Gasteiger partial charge in [0.05, 0.1) is 0 Å². The second kappa shape index (κ2) is 5.55. The van der Waals surface area contributed by atoms with Gasteiger partial charge in [-0.25, -0.2) is 0 Å². The van der Waals surface area contributed by atoms with E-state index in [-0.39, 0.29) is 17.5 Å². The van der Waals surface area contributed by atoms with E-state index in [2.05, 4.69) is 45.9 Å². The van der Waals surface area contributed by atoms with Crippen LogP contribution in [0.1, 0.15) is 63.8 Å². The lowest BCUT2D eigenvalue weighted by atomic mass is 9.85. The number of hydrogen-bond donors (Lipinski definition) is 0. The van der Waals surface area contributed by atoms with Crippen LogP contribution in [0.3, 0.4) is 0 Å². The van der Waals surface area contributed by atoms with E-state index in [0.29, 0.717) is 6.42 Å². The number of benzene rings is 1. The monoisotopic (exact) mass is 248 g/mol. The van der Waals surface area contributed by atoms with Crippen LogP contribution in [0.4, 0.5) is 0 Å². The second-order valence-corrected chi connectivity index (χ2v) is 5.81. The van der Waals surface area contributed by atoms with Gasteiger partial charge in [-0.15, -0.1) is 0 Å². The van der Waals surface area contributed by atoms with Crippen LogP contribution >= 0.6 is 0 Å². The van der Waals surface area contributed by atoms with Crippen LogP contribution in [0.25, 0.3) is 0 Å². The summed E-state index contributed by atoms with van der Waals surface area (Å²) in [5.74, 6) is -0.151. The molecule has 0 aromatic heterocycles. The topological polar surface area (TPSA) is 26.3 Å². The number of carbonyl (C=O) groups excluding carboxylic acids is 1. The molecule has 18 heavy (non-hydrogen) atoms. The molecule has 1 unspecified atom stereocenters. The van der Waals surface area contributed by atoms with E-state index < -0.39 is 0 Å². The van der Waals surface area contributed by atoms with Gasteiger partial charge in [-0.05, 0) is 36.0 Å². The number of carbonyl (C=O) groups is 1. The molecular formula is C16H24O2. The summed E-state index contributed by atoms with van der Waals surface area (Å²) in [5.41, 5.74) is 3.72. The van der Waals surface area contributed by atoms with E-state index >= 15 is 0 Å². The van der Waals surface area contributed by atoms with E-state index in [1.54, 1.807) is 0 Å². The summed E-state index contributed by atoms with van der Waals surface area (Å²) in [6.07, 6.45) is 0.246. The number of hydrogen-bond acceptors (Lipinski definition) is 2. The van der Waals surface area contributed by atoms with Crippen molar-refractivity contribution in [2.75, 3.05) is 0 Å². The third kappa shape index (κ3) is 3.59. The highest BCUT2D eigenvalue weighted by Gasteiger charge is 2.17. The van der Waals surface area contributed by atoms with E-state index in [9.17, 15) is 4.79 Å². The molecule has 0 amide bonds. The Hall–Kier alpha value is -1.31. The summed E-state index contributed by atoms with van der Waals surface area (Å²) >= 11 is 0. The predicted molar refractivity (Wildman–Crippen MR) is 74.7 cm³/mol. The van der Waals surface area contributed by atoms with E-state index in [0.717, 1.165) is 5.56 Å². The molecule has 0 aliphatic heterocycles. The third-order valence-corrected chi connectivity index (χ3v) is 3.17. The maximum atomic E-state index is 11.3. The molecule has 1 aromatic rings. The molecule has 0 N–H and O–H groups in total. The van der Waals surface area contributed by atoms with Crippen molar-refractivity contribution in [3.63, 3.8) is 0 Å². The van der Waals surface area contributed by atoms with Crippen LogP contribution in [-0.2, 0) is 14.9 Å². The molecule has 0 fully saturated rings. The van der Waals surface area contributed by atoms with Gasteiger partial charge in [-0.2, -0.15) is 0 Å². The Morgan fingerprint density at radius 1 is 1.33 bits per heavy atom. The van der Waals surface area contributed by atoms with Gasteiger partial charge in [0, 0.05) is 6.42 Å². The Kier molecular flexibility index (Phi) is 4.55. The average molecular weight is 248 g/mol. The summed E-state index contributed by atoms with van der Waals surface area (Å²) in [4.78, 5) is 11.3. The van der Waals surface area contributed by atoms with Gasteiger partial charge in [0.15, 0.2) is 0 Å². The Bertz CT molecular complexity index is 427. The highest BCUT2D eigenvalue weighted by molar-refractivity contribution is 5.69. The molecule has 0 radical (unpaired) electrons. The zero-order valence-electron chi connectivity index (χ0n) is 12.3. The van der Waals surface area contributed by atoms with Crippen LogP contribution in [0.15, 0.2) is 18.2 Å². The minimum Gasteiger partial charge on any atom is -0.458 e. The summed E-state index contributed by atoms with van der Waals surface area (Å²) in [5, 5.41) is 0. The molecule has 0 aliphatic carbocycles. The minimum atomic E-state index is -0.175. The second-order valence-electron chi connectivity index (χ2n) is 5.81. The van der Waals surface area contributed by atoms with Crippen LogP contribution in [0.2, 0.25) is 0 Å². The fourth-order valence-electron chi connectivity index (χ4n) is 1.94. The van der Waals surface area contributed by atoms with Crippen molar-refractivity contribution in [3.8, 4) is 0 Å². The predicted octanol–water partition coefficient (Wildman–Crippen LogP) is 4.31. The van der Waals surface area contributed by atoms with E-state index in [1.165, 1.54) is 11.1 Å². The van der Waals surface area contributed by atoms with Crippen LogP contribution in [0.5, 0.6) is 0 Å². The quantitative estimate of drug-likeness (QED) is 0.745. The number of ether oxygens (including phenoxy) is 1. The first-order valence-corrected chi connectivity index (χ1v) is 6.56. The molecule has 2 nitrogen and oxygen atoms in total. The maximum Gasteiger partial charge on any atom is 0.306 e. The molecule has 0 heterocycles. The largest absolute Gasteiger partial charge is 0.458 e. The zero-order valence-corrected chi connectivity index (χ0v) is 12.3. The highest BCUT2D eigenvalue weighted by Crippen LogP contribution is 2.28. The Morgan fingerprint density at radius 3 is 2.39 bits per heavy atom. The van der Waals surface area contributed by atoms with Crippen molar-refractivity contribution in [1.29, 1.82) is 0 Å². The van der Waals surface area contributed by atoms with E-state index in [1.807, 2.05) is 13.8 Å². The molecule has 0 saturated carbocycles. The molecular weight excluding hydrogens is 224 g/mol. The fourth-order valence-corrected chi connectivity index (χ4v) is 1.94. The fraction of sp³-hybridized carbons (Fsp3) is 0.562. The first-order chi connectivity index (χ1) is 8.25. The van der Waals surface area contributed by atoms with Gasteiger partial charge in [-0.3, -0.25) is 4.79 Å². The highest BCUT2D eigenvalue weighted by atomic mass is 16.5. The molecule has 0 bridgehead atoms. The Balaban J connectivity index is 2.95. The van der Waals surface area contributed by atoms with Crippen LogP contribution in [0, 0.1) is 6.92 Å². The molecule has 0 aliphatic rings. The Morgan fingerprint density at radius 2 is 1.94 bits per heavy atom. The summed E-state index contributed by atoms with van der Waals surface area (Å²) in [6.45, 7) is 12.4. The maximum absolute atomic E-state index is 11.3. The van der Waals surface area contributed by atoms with Crippen molar-refractivity contribution in [2.45, 2.75) is 59.5 Å². The van der Waals surface area contributed by atoms with Crippen molar-refractivity contribution < 1.29 is 9.53 Å². The molecule has 100 valence electrons. The van der Waals surface area contributed by atoms with Crippen molar-refractivity contribution in [3.05, 3.63) is 34.9 Å². The normalized spacial score (nSPS) is 13.2. The third-order valence-electron chi connectivity index (χ3n) is 3.17. The number of aryl methyl sites for hydroxylation is 1. The van der Waals surface area contributed by atoms with Gasteiger partial charge >= 0.3 is 5.97 Å². The summed E-state index contributed by atoms with van der Waals surface area (Å²) in [6, 6.07) is 6.38. The first-order valence-electron chi connectivity index (χ1n) is 6.56. The molecule has 0 saturated heterocycles. The van der Waals surface area contributed by atoms with Gasteiger partial charge in [-0.1, -0.05) is 45.9 Å². The lowest BCUT2D eigenvalue weighted by Crippen LogP contribution is -2.13. The summed E-state index contributed by atoms with van der Waals surface area (Å²) < 4.78 is 5.35. The van der Waals surface area contributed by atoms with Gasteiger partial charge in [0.2, 0.25) is 0 Å². The molecule has 1 aromatic carbocycles. The average Bonchev–Trinajstić information content (AvgIpc) is 2.27. The number of rotatable bonds is 3. The minimum absolute atomic E-state index is 0.145. The lowest BCUT2D eigenvalue weighted by molar-refractivity contribution is -0.148. The molecule has 0 spiro atoms. The molecule has 2 heteroatoms. The van der Waals surface area contributed by atoms with Crippen LogP contribution in [-0.4, -0.2) is 5.97 Å². The van der Waals surface area contributed by atoms with Gasteiger partial charge in [0.1, 0.15) is 6.10 Å². The standard InChI is InChI=1S/C16H24O2/c1-7-15(17)18-12(3)14-9-8-13(10-11(14)2)16(4,5)6/h8-10,12H,7H2,1-6H3. The lowest BCUT2D eigenvalue weighted by Gasteiger charge is -2.22. The van der Waals surface area contributed by atoms with Gasteiger partial charge < -0.3 is 4.74 Å². The van der Waals surface area contributed by atoms with Gasteiger partial charge in [0.25, 0.3) is 0 Å². The van der Waals surface area contributed by atoms with Crippen molar-refractivity contribution in [1.82, 2.24) is 0 Å². The van der Waals surface area contributed by atoms with E-state index in [4.69, 9.17) is 4.74 Å². The molecule has 1 atom stereocenters. The summed E-state index contributed by atoms with van der Waals surface area (Å²) in [7, 11) is 0. The van der Waals surface area contributed by atoms with Crippen molar-refractivity contribution >= 4 is 5.97 Å². The Labute approximate surface area is 110 Å². The van der Waals surface area contributed by atoms with Crippen LogP contribution < -0.4 is 0 Å². The zero-order chi connectivity index (χ0) is 13.9. The van der Waals surface area contributed by atoms with Crippen molar-refractivity contribution in [2.24, 2.45) is 0 Å². The first kappa shape index (κ1) is 14.7. The number of esters is 1.